The zero-order chi connectivity index (χ0) is 11.9. The molecule has 4 amide bonds. The molecule has 0 radical (unpaired) electrons. The van der Waals surface area contributed by atoms with Gasteiger partial charge >= 0.3 is 17.8 Å². The Labute approximate surface area is 91.7 Å². The molecule has 2 aliphatic heterocycles. The van der Waals surface area contributed by atoms with E-state index in [1.165, 1.54) is 0 Å². The molecule has 1 unspecified atom stereocenters. The zero-order valence-electron chi connectivity index (χ0n) is 8.30. The van der Waals surface area contributed by atoms with E-state index >= 15 is 0 Å². The Hall–Kier alpha value is -1.44. The third-order valence-corrected chi connectivity index (χ3v) is 4.46. The van der Waals surface area contributed by atoms with E-state index in [0.717, 1.165) is 4.90 Å². The summed E-state index contributed by atoms with van der Waals surface area (Å²) >= 11 is 0. The van der Waals surface area contributed by atoms with Gasteiger partial charge in [0.15, 0.2) is 9.84 Å². The number of urea groups is 1. The molecule has 0 aromatic rings. The first-order valence-corrected chi connectivity index (χ1v) is 6.62. The highest BCUT2D eigenvalue weighted by Crippen LogP contribution is 2.19. The summed E-state index contributed by atoms with van der Waals surface area (Å²) in [6, 6.07) is -1.53. The second-order valence-electron chi connectivity index (χ2n) is 3.84. The van der Waals surface area contributed by atoms with Gasteiger partial charge in [-0.25, -0.2) is 13.2 Å². The Balaban J connectivity index is 2.22. The van der Waals surface area contributed by atoms with Crippen LogP contribution in [0.2, 0.25) is 0 Å². The molecule has 2 saturated heterocycles. The molecule has 16 heavy (non-hydrogen) atoms. The number of hydrogen-bond donors (Lipinski definition) is 1. The van der Waals surface area contributed by atoms with Crippen LogP contribution in [0, 0.1) is 0 Å². The van der Waals surface area contributed by atoms with E-state index in [0.29, 0.717) is 12.8 Å². The van der Waals surface area contributed by atoms with Crippen LogP contribution >= 0.6 is 0 Å². The number of rotatable bonds is 1. The van der Waals surface area contributed by atoms with Gasteiger partial charge in [-0.15, -0.1) is 0 Å². The van der Waals surface area contributed by atoms with E-state index in [2.05, 4.69) is 0 Å². The second-order valence-corrected chi connectivity index (χ2v) is 6.07. The van der Waals surface area contributed by atoms with Crippen molar-refractivity contribution >= 4 is 27.7 Å². The quantitative estimate of drug-likeness (QED) is 0.455. The van der Waals surface area contributed by atoms with Crippen LogP contribution in [0.5, 0.6) is 0 Å². The average molecular weight is 246 g/mol. The highest BCUT2D eigenvalue weighted by molar-refractivity contribution is 7.91. The van der Waals surface area contributed by atoms with Crippen LogP contribution < -0.4 is 5.32 Å². The molecule has 0 saturated carbocycles. The van der Waals surface area contributed by atoms with Gasteiger partial charge in [0.05, 0.1) is 17.5 Å². The number of carbonyl (C=O) groups is 3. The van der Waals surface area contributed by atoms with Gasteiger partial charge in [0, 0.05) is 0 Å². The Morgan fingerprint density at radius 2 is 1.94 bits per heavy atom. The summed E-state index contributed by atoms with van der Waals surface area (Å²) in [6.07, 6.45) is 0.823. The fraction of sp³-hybridized carbons (Fsp3) is 0.625. The normalized spacial score (nSPS) is 29.4. The molecule has 0 spiro atoms. The maximum absolute atomic E-state index is 11.4. The fourth-order valence-corrected chi connectivity index (χ4v) is 3.62. The van der Waals surface area contributed by atoms with Crippen molar-refractivity contribution < 1.29 is 22.8 Å². The van der Waals surface area contributed by atoms with Crippen LogP contribution in [0.4, 0.5) is 4.79 Å². The third-order valence-electron chi connectivity index (χ3n) is 2.66. The van der Waals surface area contributed by atoms with Crippen molar-refractivity contribution in [2.75, 3.05) is 11.5 Å². The summed E-state index contributed by atoms with van der Waals surface area (Å²) in [6.45, 7) is 0. The maximum atomic E-state index is 11.4. The van der Waals surface area contributed by atoms with Crippen molar-refractivity contribution in [3.8, 4) is 0 Å². The number of amides is 4. The Kier molecular flexibility index (Phi) is 2.45. The molecule has 2 rings (SSSR count). The first kappa shape index (κ1) is 11.1. The number of nitrogens with zero attached hydrogens (tertiary/aromatic N) is 1. The van der Waals surface area contributed by atoms with Crippen LogP contribution in [-0.2, 0) is 19.4 Å². The van der Waals surface area contributed by atoms with Crippen molar-refractivity contribution in [1.82, 2.24) is 10.2 Å². The lowest BCUT2D eigenvalue weighted by atomic mass is 10.1. The summed E-state index contributed by atoms with van der Waals surface area (Å²) in [5, 5.41) is 1.84. The molecule has 2 heterocycles. The van der Waals surface area contributed by atoms with Crippen LogP contribution in [0.25, 0.3) is 0 Å². The van der Waals surface area contributed by atoms with Gasteiger partial charge in [0.2, 0.25) is 0 Å². The summed E-state index contributed by atoms with van der Waals surface area (Å²) < 4.78 is 22.7. The third kappa shape index (κ3) is 1.80. The van der Waals surface area contributed by atoms with Crippen LogP contribution in [-0.4, -0.2) is 48.7 Å². The number of imide groups is 2. The molecule has 7 nitrogen and oxygen atoms in total. The Morgan fingerprint density at radius 3 is 2.44 bits per heavy atom. The molecule has 1 atom stereocenters. The summed E-state index contributed by atoms with van der Waals surface area (Å²) in [4.78, 5) is 34.3. The molecule has 0 aliphatic carbocycles. The molecule has 2 fully saturated rings. The van der Waals surface area contributed by atoms with E-state index in [9.17, 15) is 22.8 Å². The van der Waals surface area contributed by atoms with E-state index in [1.807, 2.05) is 5.32 Å². The average Bonchev–Trinajstić information content (AvgIpc) is 2.39. The molecule has 0 bridgehead atoms. The predicted octanol–water partition coefficient (Wildman–Crippen LogP) is -1.36. The molecular weight excluding hydrogens is 236 g/mol. The summed E-state index contributed by atoms with van der Waals surface area (Å²) in [5.74, 6) is -2.14. The predicted molar refractivity (Wildman–Crippen MR) is 52.1 cm³/mol. The molecular formula is C8H10N2O5S. The number of carbonyl (C=O) groups excluding carboxylic acids is 3. The Morgan fingerprint density at radius 1 is 1.25 bits per heavy atom. The minimum absolute atomic E-state index is 0.0705. The van der Waals surface area contributed by atoms with E-state index in [-0.39, 0.29) is 11.5 Å². The monoisotopic (exact) mass is 246 g/mol. The second kappa shape index (κ2) is 3.55. The van der Waals surface area contributed by atoms with E-state index < -0.39 is 33.7 Å². The summed E-state index contributed by atoms with van der Waals surface area (Å²) in [5.41, 5.74) is 0. The molecule has 2 aliphatic rings. The zero-order valence-corrected chi connectivity index (χ0v) is 9.12. The largest absolute Gasteiger partial charge is 0.331 e. The summed E-state index contributed by atoms with van der Waals surface area (Å²) in [7, 11) is -3.22. The number of nitrogens with one attached hydrogen (secondary N) is 1. The minimum atomic E-state index is -3.22. The van der Waals surface area contributed by atoms with Gasteiger partial charge in [0.25, 0.3) is 0 Å². The van der Waals surface area contributed by atoms with Crippen molar-refractivity contribution in [1.29, 1.82) is 0 Å². The topological polar surface area (TPSA) is 101 Å². The fourth-order valence-electron chi connectivity index (χ4n) is 1.95. The van der Waals surface area contributed by atoms with Gasteiger partial charge in [-0.05, 0) is 12.8 Å². The van der Waals surface area contributed by atoms with Crippen molar-refractivity contribution in [3.63, 3.8) is 0 Å². The lowest BCUT2D eigenvalue weighted by molar-refractivity contribution is -0.141. The smallest absolute Gasteiger partial charge is 0.269 e. The van der Waals surface area contributed by atoms with Gasteiger partial charge in [-0.1, -0.05) is 0 Å². The highest BCUT2D eigenvalue weighted by atomic mass is 32.2. The molecule has 88 valence electrons. The minimum Gasteiger partial charge on any atom is -0.269 e. The van der Waals surface area contributed by atoms with E-state index in [4.69, 9.17) is 0 Å². The molecule has 0 aromatic carbocycles. The van der Waals surface area contributed by atoms with Gasteiger partial charge in [-0.2, -0.15) is 0 Å². The first-order chi connectivity index (χ1) is 7.41. The van der Waals surface area contributed by atoms with Crippen LogP contribution in [0.15, 0.2) is 0 Å². The van der Waals surface area contributed by atoms with Crippen LogP contribution in [0.1, 0.15) is 12.8 Å². The van der Waals surface area contributed by atoms with E-state index in [1.54, 1.807) is 0 Å². The highest BCUT2D eigenvalue weighted by Gasteiger charge is 2.43. The van der Waals surface area contributed by atoms with Crippen LogP contribution in [0.3, 0.4) is 0 Å². The lowest BCUT2D eigenvalue weighted by Gasteiger charge is -2.27. The van der Waals surface area contributed by atoms with Gasteiger partial charge < -0.3 is 0 Å². The van der Waals surface area contributed by atoms with Gasteiger partial charge in [0.1, 0.15) is 0 Å². The van der Waals surface area contributed by atoms with Crippen molar-refractivity contribution in [2.24, 2.45) is 0 Å². The van der Waals surface area contributed by atoms with Gasteiger partial charge in [-0.3, -0.25) is 19.8 Å². The lowest BCUT2D eigenvalue weighted by Crippen LogP contribution is -2.47. The molecule has 8 heteroatoms. The molecule has 1 N–H and O–H groups in total. The van der Waals surface area contributed by atoms with Crippen molar-refractivity contribution in [3.05, 3.63) is 0 Å². The number of sulfone groups is 1. The standard InChI is InChI=1S/C8H10N2O5S/c11-6-7(12)10(8(13)9-6)5-2-1-3-16(14,15)4-5/h5H,1-4H2,(H,9,11,13). The maximum Gasteiger partial charge on any atom is 0.331 e. The first-order valence-electron chi connectivity index (χ1n) is 4.79. The van der Waals surface area contributed by atoms with Crippen molar-refractivity contribution in [2.45, 2.75) is 18.9 Å². The number of hydrogen-bond acceptors (Lipinski definition) is 5. The molecule has 0 aromatic heterocycles. The Bertz CT molecular complexity index is 469. The SMILES string of the molecule is O=C1NC(=O)N(C2CCCS(=O)(=O)C2)C1=O.